The Kier molecular flexibility index (Phi) is 8.43. The number of halogens is 1. The standard InChI is InChI=1S/C6H10BrO3P/c7-5-3-1-2-4-6-10-11(8)9/h11H,1-2,4,6H2,(H,8,9). The molecule has 1 unspecified atom stereocenters. The molecule has 0 aliphatic carbocycles. The third-order valence-corrected chi connectivity index (χ3v) is 1.72. The van der Waals surface area contributed by atoms with Gasteiger partial charge >= 0.3 is 8.25 Å². The zero-order valence-electron chi connectivity index (χ0n) is 5.97. The minimum atomic E-state index is -2.72. The molecule has 0 aromatic rings. The summed E-state index contributed by atoms with van der Waals surface area (Å²) < 4.78 is 14.5. The van der Waals surface area contributed by atoms with Crippen molar-refractivity contribution in [3.63, 3.8) is 0 Å². The van der Waals surface area contributed by atoms with Crippen molar-refractivity contribution in [1.82, 2.24) is 0 Å². The zero-order chi connectivity index (χ0) is 8.53. The molecule has 0 aliphatic heterocycles. The molecular formula is C6H10BrO3P. The highest BCUT2D eigenvalue weighted by Gasteiger charge is 1.90. The van der Waals surface area contributed by atoms with Gasteiger partial charge in [0.25, 0.3) is 0 Å². The van der Waals surface area contributed by atoms with E-state index in [1.807, 2.05) is 0 Å². The molecule has 1 atom stereocenters. The SMILES string of the molecule is O=[PH](O)OCCCCC#CBr. The largest absolute Gasteiger partial charge is 0.326 e. The Balaban J connectivity index is 3.00. The van der Waals surface area contributed by atoms with Gasteiger partial charge in [-0.05, 0) is 17.7 Å². The van der Waals surface area contributed by atoms with Crippen LogP contribution in [0, 0.1) is 10.8 Å². The summed E-state index contributed by atoms with van der Waals surface area (Å²) in [4.78, 5) is 10.8. The van der Waals surface area contributed by atoms with E-state index >= 15 is 0 Å². The lowest BCUT2D eigenvalue weighted by Gasteiger charge is -1.96. The summed E-state index contributed by atoms with van der Waals surface area (Å²) in [6.07, 6.45) is 2.47. The van der Waals surface area contributed by atoms with E-state index in [1.54, 1.807) is 0 Å². The van der Waals surface area contributed by atoms with E-state index in [1.165, 1.54) is 0 Å². The van der Waals surface area contributed by atoms with Crippen LogP contribution in [-0.2, 0) is 9.09 Å². The van der Waals surface area contributed by atoms with E-state index < -0.39 is 8.25 Å². The molecule has 0 saturated heterocycles. The molecule has 0 rings (SSSR count). The van der Waals surface area contributed by atoms with E-state index in [-0.39, 0.29) is 0 Å². The van der Waals surface area contributed by atoms with Gasteiger partial charge in [0, 0.05) is 22.4 Å². The maximum Gasteiger partial charge on any atom is 0.316 e. The molecular weight excluding hydrogens is 231 g/mol. The van der Waals surface area contributed by atoms with Gasteiger partial charge in [-0.3, -0.25) is 4.57 Å². The summed E-state index contributed by atoms with van der Waals surface area (Å²) >= 11 is 2.96. The molecule has 5 heteroatoms. The molecule has 0 spiro atoms. The fourth-order valence-electron chi connectivity index (χ4n) is 0.522. The van der Waals surface area contributed by atoms with Crippen molar-refractivity contribution in [2.45, 2.75) is 19.3 Å². The van der Waals surface area contributed by atoms with E-state index in [4.69, 9.17) is 4.89 Å². The lowest BCUT2D eigenvalue weighted by atomic mass is 10.2. The second-order valence-corrected chi connectivity index (χ2v) is 3.06. The molecule has 0 bridgehead atoms. The summed E-state index contributed by atoms with van der Waals surface area (Å²) in [5, 5.41) is 0. The number of rotatable bonds is 5. The van der Waals surface area contributed by atoms with Gasteiger partial charge < -0.3 is 9.42 Å². The van der Waals surface area contributed by atoms with Crippen molar-refractivity contribution < 1.29 is 14.0 Å². The average Bonchev–Trinajstić information content (AvgIpc) is 1.96. The Labute approximate surface area is 75.2 Å². The van der Waals surface area contributed by atoms with Gasteiger partial charge in [-0.25, -0.2) is 0 Å². The minimum absolute atomic E-state index is 0.345. The average molecular weight is 241 g/mol. The Morgan fingerprint density at radius 3 is 2.82 bits per heavy atom. The molecule has 3 nitrogen and oxygen atoms in total. The first-order valence-corrected chi connectivity index (χ1v) is 5.27. The van der Waals surface area contributed by atoms with Crippen molar-refractivity contribution in [2.75, 3.05) is 6.61 Å². The van der Waals surface area contributed by atoms with Gasteiger partial charge in [0.2, 0.25) is 0 Å². The highest BCUT2D eigenvalue weighted by atomic mass is 79.9. The molecule has 0 fully saturated rings. The molecule has 0 radical (unpaired) electrons. The summed E-state index contributed by atoms with van der Waals surface area (Å²) in [6, 6.07) is 0. The van der Waals surface area contributed by atoms with Crippen LogP contribution in [0.4, 0.5) is 0 Å². The van der Waals surface area contributed by atoms with Crippen molar-refractivity contribution in [3.05, 3.63) is 0 Å². The fraction of sp³-hybridized carbons (Fsp3) is 0.667. The van der Waals surface area contributed by atoms with Crippen LogP contribution in [0.1, 0.15) is 19.3 Å². The van der Waals surface area contributed by atoms with E-state index in [0.717, 1.165) is 19.3 Å². The Morgan fingerprint density at radius 1 is 1.55 bits per heavy atom. The Bertz CT molecular complexity index is 172. The minimum Gasteiger partial charge on any atom is -0.326 e. The molecule has 0 heterocycles. The second-order valence-electron chi connectivity index (χ2n) is 1.84. The van der Waals surface area contributed by atoms with Gasteiger partial charge in [0.05, 0.1) is 6.61 Å². The molecule has 0 amide bonds. The van der Waals surface area contributed by atoms with Gasteiger partial charge in [0.15, 0.2) is 0 Å². The fourth-order valence-corrected chi connectivity index (χ4v) is 1.04. The van der Waals surface area contributed by atoms with Gasteiger partial charge in [0.1, 0.15) is 0 Å². The Morgan fingerprint density at radius 2 is 2.27 bits per heavy atom. The summed E-state index contributed by atoms with van der Waals surface area (Å²) in [7, 11) is -2.72. The summed E-state index contributed by atoms with van der Waals surface area (Å²) in [6.45, 7) is 0.345. The topological polar surface area (TPSA) is 46.5 Å². The van der Waals surface area contributed by atoms with Crippen LogP contribution in [0.5, 0.6) is 0 Å². The molecule has 64 valence electrons. The molecule has 0 aliphatic rings. The van der Waals surface area contributed by atoms with Gasteiger partial charge in [-0.1, -0.05) is 5.92 Å². The van der Waals surface area contributed by atoms with E-state index in [9.17, 15) is 4.57 Å². The molecule has 0 saturated carbocycles. The van der Waals surface area contributed by atoms with Crippen LogP contribution < -0.4 is 0 Å². The summed E-state index contributed by atoms with van der Waals surface area (Å²) in [5.74, 6) is 2.82. The Hall–Kier alpha value is 0.190. The summed E-state index contributed by atoms with van der Waals surface area (Å²) in [5.41, 5.74) is 0. The van der Waals surface area contributed by atoms with Crippen LogP contribution in [0.15, 0.2) is 0 Å². The van der Waals surface area contributed by atoms with Crippen LogP contribution in [-0.4, -0.2) is 11.5 Å². The molecule has 1 N–H and O–H groups in total. The first-order valence-electron chi connectivity index (χ1n) is 3.21. The van der Waals surface area contributed by atoms with E-state index in [2.05, 4.69) is 31.2 Å². The highest BCUT2D eigenvalue weighted by Crippen LogP contribution is 2.14. The number of hydrogen-bond donors (Lipinski definition) is 1. The normalized spacial score (nSPS) is 11.8. The van der Waals surface area contributed by atoms with Crippen molar-refractivity contribution in [2.24, 2.45) is 0 Å². The zero-order valence-corrected chi connectivity index (χ0v) is 8.56. The van der Waals surface area contributed by atoms with Crippen LogP contribution in [0.25, 0.3) is 0 Å². The second kappa shape index (κ2) is 8.29. The smallest absolute Gasteiger partial charge is 0.316 e. The van der Waals surface area contributed by atoms with Crippen LogP contribution in [0.2, 0.25) is 0 Å². The first kappa shape index (κ1) is 11.2. The lowest BCUT2D eigenvalue weighted by molar-refractivity contribution is 0.275. The lowest BCUT2D eigenvalue weighted by Crippen LogP contribution is -1.85. The molecule has 0 aromatic heterocycles. The van der Waals surface area contributed by atoms with Crippen LogP contribution in [0.3, 0.4) is 0 Å². The third-order valence-electron chi connectivity index (χ3n) is 0.988. The molecule has 11 heavy (non-hydrogen) atoms. The predicted molar refractivity (Wildman–Crippen MR) is 47.7 cm³/mol. The van der Waals surface area contributed by atoms with Gasteiger partial charge in [-0.15, -0.1) is 0 Å². The quantitative estimate of drug-likeness (QED) is 0.454. The third kappa shape index (κ3) is 10.2. The van der Waals surface area contributed by atoms with E-state index in [0.29, 0.717) is 6.61 Å². The number of unbranched alkanes of at least 4 members (excludes halogenated alkanes) is 2. The monoisotopic (exact) mass is 240 g/mol. The van der Waals surface area contributed by atoms with Crippen molar-refractivity contribution in [3.8, 4) is 10.8 Å². The van der Waals surface area contributed by atoms with Crippen LogP contribution >= 0.6 is 24.2 Å². The maximum absolute atomic E-state index is 10.0. The highest BCUT2D eigenvalue weighted by molar-refractivity contribution is 9.12. The maximum atomic E-state index is 10.0. The predicted octanol–water partition coefficient (Wildman–Crippen LogP) is 1.91. The van der Waals surface area contributed by atoms with Crippen molar-refractivity contribution in [1.29, 1.82) is 0 Å². The first-order chi connectivity index (χ1) is 5.27. The van der Waals surface area contributed by atoms with Gasteiger partial charge in [-0.2, -0.15) is 0 Å². The van der Waals surface area contributed by atoms with Crippen molar-refractivity contribution >= 4 is 24.2 Å². The molecule has 0 aromatic carbocycles. The number of hydrogen-bond acceptors (Lipinski definition) is 2.